The molecule has 0 aliphatic carbocycles. The Balaban J connectivity index is 3.33. The molecule has 0 aromatic heterocycles. The molecule has 0 saturated carbocycles. The van der Waals surface area contributed by atoms with Gasteiger partial charge in [0.05, 0.1) is 12.9 Å². The van der Waals surface area contributed by atoms with E-state index < -0.39 is 6.10 Å². The smallest absolute Gasteiger partial charge is 0.115 e. The molecule has 0 fully saturated rings. The van der Waals surface area contributed by atoms with Crippen LogP contribution in [0.15, 0.2) is 12.3 Å². The van der Waals surface area contributed by atoms with Gasteiger partial charge < -0.3 is 14.9 Å². The molecule has 0 saturated heterocycles. The van der Waals surface area contributed by atoms with E-state index in [1.54, 1.807) is 6.08 Å². The fourth-order valence-electron chi connectivity index (χ4n) is 1.55. The van der Waals surface area contributed by atoms with Crippen molar-refractivity contribution in [1.29, 1.82) is 0 Å². The quantitative estimate of drug-likeness (QED) is 0.364. The molecule has 0 aromatic carbocycles. The Bertz CT molecular complexity index is 273. The summed E-state index contributed by atoms with van der Waals surface area (Å²) in [6.07, 6.45) is 9.55. The number of aliphatic hydroxyl groups is 2. The minimum atomic E-state index is -0.816. The average Bonchev–Trinajstić information content (AvgIpc) is 2.39. The van der Waals surface area contributed by atoms with Gasteiger partial charge in [-0.05, 0) is 12.3 Å². The molecule has 3 nitrogen and oxygen atoms in total. The van der Waals surface area contributed by atoms with Crippen molar-refractivity contribution in [1.82, 2.24) is 0 Å². The number of unbranched alkanes of at least 4 members (excludes halogenated alkanes) is 4. The summed E-state index contributed by atoms with van der Waals surface area (Å²) >= 11 is 0. The summed E-state index contributed by atoms with van der Waals surface area (Å²) in [4.78, 5) is 0. The number of hydrogen-bond donors (Lipinski definition) is 2. The van der Waals surface area contributed by atoms with Gasteiger partial charge in [0.2, 0.25) is 0 Å². The Labute approximate surface area is 117 Å². The van der Waals surface area contributed by atoms with E-state index in [9.17, 15) is 0 Å². The van der Waals surface area contributed by atoms with E-state index in [2.05, 4.69) is 25.7 Å². The summed E-state index contributed by atoms with van der Waals surface area (Å²) < 4.78 is 4.98. The fourth-order valence-corrected chi connectivity index (χ4v) is 1.55. The van der Waals surface area contributed by atoms with Crippen molar-refractivity contribution in [3.05, 3.63) is 12.3 Å². The van der Waals surface area contributed by atoms with E-state index in [0.29, 0.717) is 0 Å². The topological polar surface area (TPSA) is 49.7 Å². The molecule has 110 valence electrons. The molecule has 0 bridgehead atoms. The van der Waals surface area contributed by atoms with Crippen LogP contribution in [0.25, 0.3) is 0 Å². The first-order valence-electron chi connectivity index (χ1n) is 7.20. The lowest BCUT2D eigenvalue weighted by Gasteiger charge is -2.04. The molecule has 0 radical (unpaired) electrons. The van der Waals surface area contributed by atoms with E-state index in [-0.39, 0.29) is 13.2 Å². The summed E-state index contributed by atoms with van der Waals surface area (Å²) in [5, 5.41) is 17.5. The molecule has 0 aromatic rings. The third kappa shape index (κ3) is 15.0. The third-order valence-electron chi connectivity index (χ3n) is 2.68. The van der Waals surface area contributed by atoms with Crippen LogP contribution < -0.4 is 0 Å². The first kappa shape index (κ1) is 18.0. The lowest BCUT2D eigenvalue weighted by Crippen LogP contribution is -2.17. The van der Waals surface area contributed by atoms with Gasteiger partial charge in [-0.1, -0.05) is 51.4 Å². The van der Waals surface area contributed by atoms with Crippen LogP contribution >= 0.6 is 0 Å². The Morgan fingerprint density at radius 1 is 1.16 bits per heavy atom. The molecule has 0 spiro atoms. The number of hydrogen-bond acceptors (Lipinski definition) is 3. The van der Waals surface area contributed by atoms with Crippen molar-refractivity contribution in [3.63, 3.8) is 0 Å². The van der Waals surface area contributed by atoms with Gasteiger partial charge in [0.1, 0.15) is 12.7 Å². The normalized spacial score (nSPS) is 12.5. The van der Waals surface area contributed by atoms with Gasteiger partial charge in [-0.2, -0.15) is 0 Å². The number of allylic oxidation sites excluding steroid dienone is 1. The Hall–Kier alpha value is -0.980. The van der Waals surface area contributed by atoms with Crippen molar-refractivity contribution in [3.8, 4) is 11.8 Å². The van der Waals surface area contributed by atoms with E-state index in [1.165, 1.54) is 31.9 Å². The molecule has 19 heavy (non-hydrogen) atoms. The first-order valence-corrected chi connectivity index (χ1v) is 7.20. The van der Waals surface area contributed by atoms with Gasteiger partial charge in [0, 0.05) is 12.5 Å². The molecule has 0 heterocycles. The zero-order chi connectivity index (χ0) is 14.3. The zero-order valence-electron chi connectivity index (χ0n) is 12.3. The molecular weight excluding hydrogens is 240 g/mol. The van der Waals surface area contributed by atoms with Gasteiger partial charge in [0.25, 0.3) is 0 Å². The minimum absolute atomic E-state index is 0.102. The molecule has 0 aliphatic rings. The maximum atomic E-state index is 8.99. The summed E-state index contributed by atoms with van der Waals surface area (Å²) in [7, 11) is 0. The van der Waals surface area contributed by atoms with Gasteiger partial charge in [0.15, 0.2) is 0 Å². The monoisotopic (exact) mass is 268 g/mol. The number of ether oxygens (including phenoxy) is 1. The summed E-state index contributed by atoms with van der Waals surface area (Å²) in [6.45, 7) is 4.35. The number of aliphatic hydroxyl groups excluding tert-OH is 2. The Morgan fingerprint density at radius 3 is 2.58 bits per heavy atom. The second-order valence-corrected chi connectivity index (χ2v) is 5.14. The highest BCUT2D eigenvalue weighted by atomic mass is 16.5. The Kier molecular flexibility index (Phi) is 12.8. The second kappa shape index (κ2) is 13.5. The van der Waals surface area contributed by atoms with Crippen LogP contribution in [0.3, 0.4) is 0 Å². The van der Waals surface area contributed by atoms with Crippen LogP contribution in [0, 0.1) is 17.8 Å². The summed E-state index contributed by atoms with van der Waals surface area (Å²) in [5.74, 6) is 6.76. The van der Waals surface area contributed by atoms with Crippen molar-refractivity contribution < 1.29 is 14.9 Å². The van der Waals surface area contributed by atoms with E-state index in [0.717, 1.165) is 18.8 Å². The third-order valence-corrected chi connectivity index (χ3v) is 2.68. The SMILES string of the molecule is CC(C)CCCCCCC#C/C=C\OCC(O)CO. The van der Waals surface area contributed by atoms with Gasteiger partial charge in [-0.25, -0.2) is 0 Å². The van der Waals surface area contributed by atoms with Gasteiger partial charge in [-0.15, -0.1) is 0 Å². The van der Waals surface area contributed by atoms with E-state index in [1.807, 2.05) is 0 Å². The van der Waals surface area contributed by atoms with Gasteiger partial charge >= 0.3 is 0 Å². The molecule has 0 aliphatic heterocycles. The fraction of sp³-hybridized carbons (Fsp3) is 0.750. The van der Waals surface area contributed by atoms with E-state index >= 15 is 0 Å². The molecule has 0 rings (SSSR count). The van der Waals surface area contributed by atoms with Crippen LogP contribution in [0.5, 0.6) is 0 Å². The predicted octanol–water partition coefficient (Wildman–Crippen LogP) is 2.87. The van der Waals surface area contributed by atoms with Crippen LogP contribution in [-0.2, 0) is 4.74 Å². The van der Waals surface area contributed by atoms with Crippen molar-refractivity contribution in [2.45, 2.75) is 58.5 Å². The Morgan fingerprint density at radius 2 is 1.89 bits per heavy atom. The van der Waals surface area contributed by atoms with E-state index in [4.69, 9.17) is 14.9 Å². The van der Waals surface area contributed by atoms with Gasteiger partial charge in [-0.3, -0.25) is 0 Å². The van der Waals surface area contributed by atoms with Crippen molar-refractivity contribution in [2.24, 2.45) is 5.92 Å². The largest absolute Gasteiger partial charge is 0.498 e. The standard InChI is InChI=1S/C16H28O3/c1-15(2)11-9-7-5-3-4-6-8-10-12-19-14-16(18)13-17/h10,12,15-18H,3-5,7,9,11,13-14H2,1-2H3/b12-10-. The summed E-state index contributed by atoms with van der Waals surface area (Å²) in [5.41, 5.74) is 0. The molecule has 2 N–H and O–H groups in total. The lowest BCUT2D eigenvalue weighted by atomic mass is 10.0. The highest BCUT2D eigenvalue weighted by molar-refractivity contribution is 5.13. The van der Waals surface area contributed by atoms with Crippen LogP contribution in [0.4, 0.5) is 0 Å². The first-order chi connectivity index (χ1) is 9.16. The molecule has 0 amide bonds. The van der Waals surface area contributed by atoms with Crippen LogP contribution in [0.1, 0.15) is 52.4 Å². The van der Waals surface area contributed by atoms with Crippen LogP contribution in [0.2, 0.25) is 0 Å². The molecule has 1 atom stereocenters. The maximum absolute atomic E-state index is 8.99. The maximum Gasteiger partial charge on any atom is 0.115 e. The highest BCUT2D eigenvalue weighted by Gasteiger charge is 1.98. The minimum Gasteiger partial charge on any atom is -0.498 e. The highest BCUT2D eigenvalue weighted by Crippen LogP contribution is 2.09. The van der Waals surface area contributed by atoms with Crippen molar-refractivity contribution in [2.75, 3.05) is 13.2 Å². The van der Waals surface area contributed by atoms with Crippen LogP contribution in [-0.4, -0.2) is 29.5 Å². The lowest BCUT2D eigenvalue weighted by molar-refractivity contribution is 0.0385. The molecular formula is C16H28O3. The predicted molar refractivity (Wildman–Crippen MR) is 78.5 cm³/mol. The zero-order valence-corrected chi connectivity index (χ0v) is 12.3. The van der Waals surface area contributed by atoms with Crippen molar-refractivity contribution >= 4 is 0 Å². The molecule has 3 heteroatoms. The summed E-state index contributed by atoms with van der Waals surface area (Å²) in [6, 6.07) is 0. The number of rotatable bonds is 10. The molecule has 1 unspecified atom stereocenters. The average molecular weight is 268 g/mol. The second-order valence-electron chi connectivity index (χ2n) is 5.14.